The minimum absolute atomic E-state index is 0.0607. The van der Waals surface area contributed by atoms with Crippen molar-refractivity contribution in [2.24, 2.45) is 11.8 Å². The van der Waals surface area contributed by atoms with Gasteiger partial charge in [0.2, 0.25) is 10.0 Å². The number of aryl methyl sites for hydroxylation is 2. The number of para-hydroxylation sites is 1. The smallest absolute Gasteiger partial charge is 0.287 e. The zero-order valence-electron chi connectivity index (χ0n) is 17.3. The second kappa shape index (κ2) is 7.17. The molecule has 8 heteroatoms. The Hall–Kier alpha value is -2.71. The molecule has 1 N–H and O–H groups in total. The SMILES string of the molecule is Cc1ccc(S(=O)(=O)N2C[C@H]3C[C@H](NC(=O)c4oc5c(F)cccc5c4C)[C@H]3C2)cc1. The van der Waals surface area contributed by atoms with E-state index >= 15 is 0 Å². The quantitative estimate of drug-likeness (QED) is 0.669. The summed E-state index contributed by atoms with van der Waals surface area (Å²) >= 11 is 0. The molecule has 1 saturated carbocycles. The van der Waals surface area contributed by atoms with E-state index in [9.17, 15) is 17.6 Å². The second-order valence-corrected chi connectivity index (χ2v) is 10.5. The largest absolute Gasteiger partial charge is 0.448 e. The van der Waals surface area contributed by atoms with Gasteiger partial charge in [0.15, 0.2) is 17.2 Å². The zero-order chi connectivity index (χ0) is 21.9. The maximum absolute atomic E-state index is 14.0. The van der Waals surface area contributed by atoms with E-state index in [-0.39, 0.29) is 29.2 Å². The molecular formula is C23H23FN2O4S. The summed E-state index contributed by atoms with van der Waals surface area (Å²) in [6.45, 7) is 4.48. The molecule has 1 aromatic heterocycles. The first-order valence-corrected chi connectivity index (χ1v) is 11.7. The molecule has 3 atom stereocenters. The van der Waals surface area contributed by atoms with Crippen LogP contribution in [0.3, 0.4) is 0 Å². The lowest BCUT2D eigenvalue weighted by atomic mass is 9.71. The first-order valence-electron chi connectivity index (χ1n) is 10.3. The Morgan fingerprint density at radius 1 is 1.13 bits per heavy atom. The van der Waals surface area contributed by atoms with E-state index in [0.717, 1.165) is 5.56 Å². The highest BCUT2D eigenvalue weighted by atomic mass is 32.2. The molecule has 1 aliphatic heterocycles. The molecule has 31 heavy (non-hydrogen) atoms. The number of nitrogens with zero attached hydrogens (tertiary/aromatic N) is 1. The molecule has 0 radical (unpaired) electrons. The molecule has 6 nitrogen and oxygen atoms in total. The predicted molar refractivity (Wildman–Crippen MR) is 114 cm³/mol. The maximum atomic E-state index is 14.0. The van der Waals surface area contributed by atoms with Crippen LogP contribution in [0.1, 0.15) is 28.1 Å². The average molecular weight is 443 g/mol. The molecule has 2 heterocycles. The van der Waals surface area contributed by atoms with Gasteiger partial charge in [-0.25, -0.2) is 12.8 Å². The van der Waals surface area contributed by atoms with Crippen LogP contribution in [0, 0.1) is 31.5 Å². The lowest BCUT2D eigenvalue weighted by molar-refractivity contribution is 0.0806. The molecular weight excluding hydrogens is 419 g/mol. The number of benzene rings is 2. The highest BCUT2D eigenvalue weighted by molar-refractivity contribution is 7.89. The summed E-state index contributed by atoms with van der Waals surface area (Å²) < 4.78 is 47.0. The summed E-state index contributed by atoms with van der Waals surface area (Å²) in [5.74, 6) is -0.511. The van der Waals surface area contributed by atoms with Crippen LogP contribution in [-0.2, 0) is 10.0 Å². The van der Waals surface area contributed by atoms with Gasteiger partial charge in [-0.3, -0.25) is 4.79 Å². The van der Waals surface area contributed by atoms with Crippen molar-refractivity contribution in [2.45, 2.75) is 31.2 Å². The van der Waals surface area contributed by atoms with Crippen molar-refractivity contribution in [3.8, 4) is 0 Å². The zero-order valence-corrected chi connectivity index (χ0v) is 18.1. The molecule has 2 aliphatic rings. The molecule has 162 valence electrons. The minimum Gasteiger partial charge on any atom is -0.448 e. The molecule has 5 rings (SSSR count). The lowest BCUT2D eigenvalue weighted by Gasteiger charge is -2.39. The van der Waals surface area contributed by atoms with Crippen molar-refractivity contribution in [1.29, 1.82) is 0 Å². The summed E-state index contributed by atoms with van der Waals surface area (Å²) in [5.41, 5.74) is 1.68. The van der Waals surface area contributed by atoms with Crippen molar-refractivity contribution < 1.29 is 22.0 Å². The fourth-order valence-corrected chi connectivity index (χ4v) is 6.28. The second-order valence-electron chi connectivity index (χ2n) is 8.55. The highest BCUT2D eigenvalue weighted by Gasteiger charge is 2.50. The Labute approximate surface area is 180 Å². The number of carbonyl (C=O) groups is 1. The number of furan rings is 1. The highest BCUT2D eigenvalue weighted by Crippen LogP contribution is 2.43. The van der Waals surface area contributed by atoms with Crippen LogP contribution in [0.15, 0.2) is 51.8 Å². The van der Waals surface area contributed by atoms with E-state index in [0.29, 0.717) is 35.4 Å². The van der Waals surface area contributed by atoms with Gasteiger partial charge in [0.05, 0.1) is 4.90 Å². The molecule has 0 bridgehead atoms. The minimum atomic E-state index is -3.55. The molecule has 0 spiro atoms. The number of rotatable bonds is 4. The number of carbonyl (C=O) groups excluding carboxylic acids is 1. The Morgan fingerprint density at radius 2 is 1.87 bits per heavy atom. The van der Waals surface area contributed by atoms with Crippen LogP contribution >= 0.6 is 0 Å². The van der Waals surface area contributed by atoms with Crippen LogP contribution in [-0.4, -0.2) is 37.8 Å². The monoisotopic (exact) mass is 442 g/mol. The van der Waals surface area contributed by atoms with Gasteiger partial charge in [0.1, 0.15) is 0 Å². The third-order valence-corrected chi connectivity index (χ3v) is 8.47. The number of hydrogen-bond donors (Lipinski definition) is 1. The summed E-state index contributed by atoms with van der Waals surface area (Å²) in [4.78, 5) is 13.1. The van der Waals surface area contributed by atoms with Crippen molar-refractivity contribution >= 4 is 26.9 Å². The van der Waals surface area contributed by atoms with Gasteiger partial charge in [-0.15, -0.1) is 0 Å². The Kier molecular flexibility index (Phi) is 4.67. The average Bonchev–Trinajstić information content (AvgIpc) is 3.25. The molecule has 2 aromatic carbocycles. The normalized spacial score (nSPS) is 23.5. The summed E-state index contributed by atoms with van der Waals surface area (Å²) in [6, 6.07) is 11.3. The number of sulfonamides is 1. The van der Waals surface area contributed by atoms with Gasteiger partial charge in [-0.1, -0.05) is 29.8 Å². The molecule has 1 amide bonds. The van der Waals surface area contributed by atoms with E-state index in [4.69, 9.17) is 4.42 Å². The number of halogens is 1. The maximum Gasteiger partial charge on any atom is 0.287 e. The van der Waals surface area contributed by atoms with Gasteiger partial charge < -0.3 is 9.73 Å². The standard InChI is InChI=1S/C23H23FN2O4S/c1-13-6-8-16(9-7-13)31(28,29)26-11-15-10-20(18(15)12-26)25-23(27)21-14(2)17-4-3-5-19(24)22(17)30-21/h3-9,15,18,20H,10-12H2,1-2H3,(H,25,27)/t15-,18+,20+/m1/s1. The molecule has 0 unspecified atom stereocenters. The van der Waals surface area contributed by atoms with Gasteiger partial charge in [-0.05, 0) is 50.3 Å². The molecule has 1 aliphatic carbocycles. The van der Waals surface area contributed by atoms with E-state index < -0.39 is 21.7 Å². The Bertz CT molecular complexity index is 1280. The molecule has 3 aromatic rings. The summed E-state index contributed by atoms with van der Waals surface area (Å²) in [6.07, 6.45) is 0.712. The first-order chi connectivity index (χ1) is 14.8. The topological polar surface area (TPSA) is 79.6 Å². The molecule has 1 saturated heterocycles. The third kappa shape index (κ3) is 3.25. The van der Waals surface area contributed by atoms with Crippen molar-refractivity contribution in [2.75, 3.05) is 13.1 Å². The first kappa shape index (κ1) is 20.2. The fraction of sp³-hybridized carbons (Fsp3) is 0.348. The summed E-state index contributed by atoms with van der Waals surface area (Å²) in [7, 11) is -3.55. The summed E-state index contributed by atoms with van der Waals surface area (Å²) in [5, 5.41) is 3.54. The lowest BCUT2D eigenvalue weighted by Crippen LogP contribution is -2.52. The van der Waals surface area contributed by atoms with Crippen molar-refractivity contribution in [3.05, 3.63) is 65.2 Å². The van der Waals surface area contributed by atoms with Crippen LogP contribution in [0.25, 0.3) is 11.0 Å². The fourth-order valence-electron chi connectivity index (χ4n) is 4.75. The van der Waals surface area contributed by atoms with Gasteiger partial charge >= 0.3 is 0 Å². The van der Waals surface area contributed by atoms with Crippen molar-refractivity contribution in [1.82, 2.24) is 9.62 Å². The van der Waals surface area contributed by atoms with Crippen LogP contribution in [0.5, 0.6) is 0 Å². The van der Waals surface area contributed by atoms with Crippen molar-refractivity contribution in [3.63, 3.8) is 0 Å². The third-order valence-electron chi connectivity index (χ3n) is 6.63. The van der Waals surface area contributed by atoms with E-state index in [1.54, 1.807) is 43.3 Å². The number of fused-ring (bicyclic) bond motifs is 2. The number of amides is 1. The van der Waals surface area contributed by atoms with Crippen LogP contribution < -0.4 is 5.32 Å². The predicted octanol–water partition coefficient (Wildman–Crippen LogP) is 3.63. The number of hydrogen-bond acceptors (Lipinski definition) is 4. The van der Waals surface area contributed by atoms with E-state index in [2.05, 4.69) is 5.32 Å². The number of nitrogens with one attached hydrogen (secondary N) is 1. The van der Waals surface area contributed by atoms with Crippen LogP contribution in [0.4, 0.5) is 4.39 Å². The van der Waals surface area contributed by atoms with Gasteiger partial charge in [0.25, 0.3) is 5.91 Å². The Balaban J connectivity index is 1.30. The van der Waals surface area contributed by atoms with Gasteiger partial charge in [-0.2, -0.15) is 4.31 Å². The van der Waals surface area contributed by atoms with Crippen LogP contribution in [0.2, 0.25) is 0 Å². The van der Waals surface area contributed by atoms with E-state index in [1.165, 1.54) is 10.4 Å². The molecule has 2 fully saturated rings. The van der Waals surface area contributed by atoms with Gasteiger partial charge in [0, 0.05) is 30.1 Å². The Morgan fingerprint density at radius 3 is 2.58 bits per heavy atom. The van der Waals surface area contributed by atoms with E-state index in [1.807, 2.05) is 6.92 Å².